The van der Waals surface area contributed by atoms with Gasteiger partial charge in [-0.3, -0.25) is 9.59 Å². The van der Waals surface area contributed by atoms with Crippen molar-refractivity contribution in [1.82, 2.24) is 5.43 Å². The molecule has 0 aliphatic rings. The summed E-state index contributed by atoms with van der Waals surface area (Å²) in [5, 5.41) is 6.64. The number of aryl methyl sites for hydroxylation is 2. The largest absolute Gasteiger partial charge is 0.493 e. The lowest BCUT2D eigenvalue weighted by Gasteiger charge is -2.12. The highest BCUT2D eigenvalue weighted by Gasteiger charge is 2.12. The summed E-state index contributed by atoms with van der Waals surface area (Å²) in [4.78, 5) is 24.0. The molecule has 0 aliphatic heterocycles. The fourth-order valence-electron chi connectivity index (χ4n) is 2.55. The first-order valence-electron chi connectivity index (χ1n) is 9.53. The molecule has 2 aromatic carbocycles. The monoisotopic (exact) mass is 523 g/mol. The number of ether oxygens (including phenoxy) is 2. The van der Waals surface area contributed by atoms with Crippen molar-refractivity contribution in [2.45, 2.75) is 33.6 Å². The van der Waals surface area contributed by atoms with Crippen molar-refractivity contribution in [3.05, 3.63) is 50.6 Å². The fourth-order valence-corrected chi connectivity index (χ4v) is 3.33. The van der Waals surface area contributed by atoms with Gasteiger partial charge in [0, 0.05) is 5.69 Å². The molecule has 0 saturated heterocycles. The maximum atomic E-state index is 12.0. The Balaban J connectivity index is 1.92. The Morgan fingerprint density at radius 2 is 1.90 bits per heavy atom. The Bertz CT molecular complexity index is 944. The van der Waals surface area contributed by atoms with Gasteiger partial charge in [0.05, 0.1) is 23.5 Å². The topological polar surface area (TPSA) is 89.0 Å². The van der Waals surface area contributed by atoms with Crippen molar-refractivity contribution in [3.8, 4) is 11.5 Å². The zero-order chi connectivity index (χ0) is 22.1. The zero-order valence-corrected chi connectivity index (χ0v) is 19.7. The minimum Gasteiger partial charge on any atom is -0.493 e. The van der Waals surface area contributed by atoms with Crippen LogP contribution < -0.4 is 20.2 Å². The van der Waals surface area contributed by atoms with Gasteiger partial charge in [-0.15, -0.1) is 0 Å². The van der Waals surface area contributed by atoms with E-state index in [1.165, 1.54) is 6.21 Å². The van der Waals surface area contributed by atoms with Gasteiger partial charge in [0.25, 0.3) is 0 Å². The molecule has 0 unspecified atom stereocenters. The van der Waals surface area contributed by atoms with E-state index in [2.05, 4.69) is 38.4 Å². The van der Waals surface area contributed by atoms with Gasteiger partial charge in [-0.05, 0) is 83.8 Å². The van der Waals surface area contributed by atoms with E-state index < -0.39 is 11.8 Å². The van der Waals surface area contributed by atoms with Crippen LogP contribution in [0.15, 0.2) is 35.4 Å². The molecule has 0 heterocycles. The maximum Gasteiger partial charge on any atom is 0.249 e. The number of halogens is 1. The lowest BCUT2D eigenvalue weighted by atomic mass is 10.1. The molecule has 30 heavy (non-hydrogen) atoms. The number of hydrogen-bond acceptors (Lipinski definition) is 5. The summed E-state index contributed by atoms with van der Waals surface area (Å²) in [6.07, 6.45) is 2.06. The van der Waals surface area contributed by atoms with Crippen LogP contribution in [0.25, 0.3) is 0 Å². The van der Waals surface area contributed by atoms with Crippen LogP contribution in [0.1, 0.15) is 36.5 Å². The molecule has 8 heteroatoms. The molecule has 2 N–H and O–H groups in total. The van der Waals surface area contributed by atoms with Gasteiger partial charge in [-0.1, -0.05) is 13.0 Å². The number of rotatable bonds is 9. The number of hydrogen-bond donors (Lipinski definition) is 2. The van der Waals surface area contributed by atoms with Crippen molar-refractivity contribution in [3.63, 3.8) is 0 Å². The number of anilines is 1. The average molecular weight is 523 g/mol. The van der Waals surface area contributed by atoms with Gasteiger partial charge in [0.2, 0.25) is 11.8 Å². The van der Waals surface area contributed by atoms with E-state index in [0.29, 0.717) is 23.8 Å². The summed E-state index contributed by atoms with van der Waals surface area (Å²) in [5.41, 5.74) is 5.97. The summed E-state index contributed by atoms with van der Waals surface area (Å²) in [7, 11) is 1.57. The van der Waals surface area contributed by atoms with Crippen LogP contribution in [0, 0.1) is 17.4 Å². The number of hydrazone groups is 1. The van der Waals surface area contributed by atoms with Gasteiger partial charge >= 0.3 is 0 Å². The van der Waals surface area contributed by atoms with Crippen molar-refractivity contribution in [2.24, 2.45) is 5.10 Å². The van der Waals surface area contributed by atoms with Crippen LogP contribution in [-0.4, -0.2) is 31.7 Å². The van der Waals surface area contributed by atoms with Gasteiger partial charge < -0.3 is 14.8 Å². The molecule has 0 aliphatic carbocycles. The molecular formula is C22H26IN3O4. The van der Waals surface area contributed by atoms with E-state index in [1.54, 1.807) is 19.2 Å². The van der Waals surface area contributed by atoms with Crippen LogP contribution in [0.5, 0.6) is 11.5 Å². The van der Waals surface area contributed by atoms with Crippen molar-refractivity contribution >= 4 is 46.3 Å². The molecule has 0 fully saturated rings. The standard InChI is InChI=1S/C22H26IN3O4/c1-5-8-30-22-18(23)10-16(11-19(22)29-4)13-24-26-21(28)12-20(27)25-17-7-6-14(2)15(3)9-17/h6-7,9-11,13H,5,8,12H2,1-4H3,(H,25,27)(H,26,28). The van der Waals surface area contributed by atoms with Crippen molar-refractivity contribution in [1.29, 1.82) is 0 Å². The van der Waals surface area contributed by atoms with E-state index in [1.807, 2.05) is 39.0 Å². The summed E-state index contributed by atoms with van der Waals surface area (Å²) in [6.45, 7) is 6.59. The van der Waals surface area contributed by atoms with Crippen LogP contribution in [0.3, 0.4) is 0 Å². The predicted octanol–water partition coefficient (Wildman–Crippen LogP) is 4.18. The Labute approximate surface area is 190 Å². The zero-order valence-electron chi connectivity index (χ0n) is 17.5. The molecule has 7 nitrogen and oxygen atoms in total. The second kappa shape index (κ2) is 11.5. The highest BCUT2D eigenvalue weighted by atomic mass is 127. The first-order valence-corrected chi connectivity index (χ1v) is 10.6. The van der Waals surface area contributed by atoms with Crippen LogP contribution in [-0.2, 0) is 9.59 Å². The summed E-state index contributed by atoms with van der Waals surface area (Å²) < 4.78 is 12.0. The molecule has 2 amide bonds. The number of carbonyl (C=O) groups excluding carboxylic acids is 2. The van der Waals surface area contributed by atoms with Crippen LogP contribution >= 0.6 is 22.6 Å². The molecule has 2 aromatic rings. The second-order valence-corrected chi connectivity index (χ2v) is 7.86. The maximum absolute atomic E-state index is 12.0. The highest BCUT2D eigenvalue weighted by Crippen LogP contribution is 2.33. The van der Waals surface area contributed by atoms with Crippen molar-refractivity contribution in [2.75, 3.05) is 19.0 Å². The molecule has 0 bridgehead atoms. The number of amides is 2. The molecule has 0 radical (unpaired) electrons. The van der Waals surface area contributed by atoms with Crippen molar-refractivity contribution < 1.29 is 19.1 Å². The molecule has 0 saturated carbocycles. The van der Waals surface area contributed by atoms with E-state index in [4.69, 9.17) is 9.47 Å². The third-order valence-corrected chi connectivity index (χ3v) is 5.02. The SMILES string of the molecule is CCCOc1c(I)cc(C=NNC(=O)CC(=O)Nc2ccc(C)c(C)c2)cc1OC. The number of nitrogens with one attached hydrogen (secondary N) is 2. The quantitative estimate of drug-likeness (QED) is 0.223. The van der Waals surface area contributed by atoms with E-state index in [0.717, 1.165) is 26.7 Å². The Morgan fingerprint density at radius 1 is 1.13 bits per heavy atom. The molecule has 0 spiro atoms. The molecule has 160 valence electrons. The van der Waals surface area contributed by atoms with Gasteiger partial charge in [-0.2, -0.15) is 5.10 Å². The van der Waals surface area contributed by atoms with E-state index in [9.17, 15) is 9.59 Å². The smallest absolute Gasteiger partial charge is 0.249 e. The molecule has 0 aromatic heterocycles. The van der Waals surface area contributed by atoms with E-state index in [-0.39, 0.29) is 6.42 Å². The van der Waals surface area contributed by atoms with Crippen LogP contribution in [0.4, 0.5) is 5.69 Å². The predicted molar refractivity (Wildman–Crippen MR) is 126 cm³/mol. The van der Waals surface area contributed by atoms with Gasteiger partial charge in [0.15, 0.2) is 11.5 Å². The molecular weight excluding hydrogens is 497 g/mol. The highest BCUT2D eigenvalue weighted by molar-refractivity contribution is 14.1. The lowest BCUT2D eigenvalue weighted by Crippen LogP contribution is -2.24. The van der Waals surface area contributed by atoms with E-state index >= 15 is 0 Å². The minimum atomic E-state index is -0.503. The minimum absolute atomic E-state index is 0.324. The summed E-state index contributed by atoms with van der Waals surface area (Å²) in [6, 6.07) is 9.24. The normalized spacial score (nSPS) is 10.7. The number of benzene rings is 2. The van der Waals surface area contributed by atoms with Crippen LogP contribution in [0.2, 0.25) is 0 Å². The first kappa shape index (κ1) is 23.7. The lowest BCUT2D eigenvalue weighted by molar-refractivity contribution is -0.126. The second-order valence-electron chi connectivity index (χ2n) is 6.70. The number of carbonyl (C=O) groups is 2. The van der Waals surface area contributed by atoms with Gasteiger partial charge in [0.1, 0.15) is 6.42 Å². The Morgan fingerprint density at radius 3 is 2.57 bits per heavy atom. The summed E-state index contributed by atoms with van der Waals surface area (Å²) >= 11 is 2.16. The summed E-state index contributed by atoms with van der Waals surface area (Å²) in [5.74, 6) is 0.372. The first-order chi connectivity index (χ1) is 14.3. The Kier molecular flexibility index (Phi) is 9.10. The Hall–Kier alpha value is -2.62. The fraction of sp³-hybridized carbons (Fsp3) is 0.318. The number of methoxy groups -OCH3 is 1. The third kappa shape index (κ3) is 7.01. The van der Waals surface area contributed by atoms with Gasteiger partial charge in [-0.25, -0.2) is 5.43 Å². The molecule has 0 atom stereocenters. The average Bonchev–Trinajstić information content (AvgIpc) is 2.69. The molecule has 2 rings (SSSR count). The third-order valence-electron chi connectivity index (χ3n) is 4.22. The number of nitrogens with zero attached hydrogens (tertiary/aromatic N) is 1.